The van der Waals surface area contributed by atoms with E-state index in [1.165, 1.54) is 12.1 Å². The molecule has 0 aliphatic heterocycles. The fraction of sp³-hybridized carbons (Fsp3) is 0.0714. The number of para-hydroxylation sites is 1. The average molecular weight is 256 g/mol. The molecule has 0 radical (unpaired) electrons. The summed E-state index contributed by atoms with van der Waals surface area (Å²) in [6.45, 7) is -0.0756. The smallest absolute Gasteiger partial charge is 0.269 e. The zero-order valence-electron chi connectivity index (χ0n) is 10.1. The number of nitro groups is 1. The highest BCUT2D eigenvalue weighted by Gasteiger charge is 2.02. The lowest BCUT2D eigenvalue weighted by molar-refractivity contribution is -0.384. The van der Waals surface area contributed by atoms with Crippen LogP contribution in [0.25, 0.3) is 0 Å². The van der Waals surface area contributed by atoms with Gasteiger partial charge >= 0.3 is 0 Å². The summed E-state index contributed by atoms with van der Waals surface area (Å²) >= 11 is 0. The van der Waals surface area contributed by atoms with E-state index in [9.17, 15) is 10.1 Å². The summed E-state index contributed by atoms with van der Waals surface area (Å²) in [6, 6.07) is 13.4. The van der Waals surface area contributed by atoms with Gasteiger partial charge in [0, 0.05) is 23.9 Å². The van der Waals surface area contributed by atoms with E-state index in [4.69, 9.17) is 5.11 Å². The first-order valence-electron chi connectivity index (χ1n) is 5.68. The van der Waals surface area contributed by atoms with Crippen molar-refractivity contribution in [3.63, 3.8) is 0 Å². The lowest BCUT2D eigenvalue weighted by atomic mass is 10.2. The van der Waals surface area contributed by atoms with Gasteiger partial charge in [0.2, 0.25) is 0 Å². The molecule has 96 valence electrons. The number of rotatable bonds is 4. The largest absolute Gasteiger partial charge is 0.392 e. The van der Waals surface area contributed by atoms with Crippen LogP contribution < -0.4 is 0 Å². The molecular formula is C14H12N2O3. The van der Waals surface area contributed by atoms with Crippen molar-refractivity contribution >= 4 is 17.6 Å². The average Bonchev–Trinajstić information content (AvgIpc) is 2.45. The molecule has 0 unspecified atom stereocenters. The highest BCUT2D eigenvalue weighted by molar-refractivity contribution is 5.82. The summed E-state index contributed by atoms with van der Waals surface area (Å²) in [5.41, 5.74) is 2.23. The second-order valence-corrected chi connectivity index (χ2v) is 3.89. The Labute approximate surface area is 110 Å². The minimum absolute atomic E-state index is 0.0490. The number of hydrogen-bond donors (Lipinski definition) is 1. The molecule has 2 aromatic carbocycles. The molecule has 0 spiro atoms. The van der Waals surface area contributed by atoms with Crippen molar-refractivity contribution < 1.29 is 10.0 Å². The number of hydrogen-bond acceptors (Lipinski definition) is 4. The fourth-order valence-electron chi connectivity index (χ4n) is 1.60. The first kappa shape index (κ1) is 12.9. The maximum Gasteiger partial charge on any atom is 0.269 e. The van der Waals surface area contributed by atoms with Crippen LogP contribution in [0.15, 0.2) is 53.5 Å². The van der Waals surface area contributed by atoms with Gasteiger partial charge < -0.3 is 5.11 Å². The molecule has 0 fully saturated rings. The summed E-state index contributed by atoms with van der Waals surface area (Å²) in [5.74, 6) is 0. The third kappa shape index (κ3) is 3.23. The number of nitro benzene ring substituents is 1. The monoisotopic (exact) mass is 256 g/mol. The van der Waals surface area contributed by atoms with Crippen molar-refractivity contribution in [2.24, 2.45) is 4.99 Å². The molecule has 2 rings (SSSR count). The van der Waals surface area contributed by atoms with E-state index in [0.717, 1.165) is 11.1 Å². The first-order chi connectivity index (χ1) is 9.20. The third-order valence-electron chi connectivity index (χ3n) is 2.62. The van der Waals surface area contributed by atoms with Crippen LogP contribution in [0.4, 0.5) is 11.4 Å². The van der Waals surface area contributed by atoms with Gasteiger partial charge in [-0.15, -0.1) is 0 Å². The minimum Gasteiger partial charge on any atom is -0.392 e. The Morgan fingerprint density at radius 2 is 1.84 bits per heavy atom. The number of non-ortho nitro benzene ring substituents is 1. The van der Waals surface area contributed by atoms with Crippen LogP contribution in [-0.2, 0) is 6.61 Å². The standard InChI is InChI=1S/C14H12N2O3/c17-10-12-3-1-2-4-14(12)15-9-11-5-7-13(8-6-11)16(18)19/h1-9,17H,10H2. The molecule has 0 saturated carbocycles. The van der Waals surface area contributed by atoms with Gasteiger partial charge in [-0.25, -0.2) is 0 Å². The number of aliphatic hydroxyl groups excluding tert-OH is 1. The van der Waals surface area contributed by atoms with Gasteiger partial charge in [0.05, 0.1) is 17.2 Å². The van der Waals surface area contributed by atoms with Crippen LogP contribution >= 0.6 is 0 Å². The Morgan fingerprint density at radius 1 is 1.16 bits per heavy atom. The third-order valence-corrected chi connectivity index (χ3v) is 2.62. The van der Waals surface area contributed by atoms with Gasteiger partial charge in [-0.1, -0.05) is 18.2 Å². The molecule has 5 heteroatoms. The Bertz CT molecular complexity index is 606. The molecule has 0 saturated heterocycles. The van der Waals surface area contributed by atoms with Crippen molar-refractivity contribution in [3.8, 4) is 0 Å². The molecule has 0 bridgehead atoms. The quantitative estimate of drug-likeness (QED) is 0.519. The maximum atomic E-state index is 10.5. The molecule has 1 N–H and O–H groups in total. The SMILES string of the molecule is O=[N+]([O-])c1ccc(C=Nc2ccccc2CO)cc1. The van der Waals surface area contributed by atoms with Gasteiger partial charge in [-0.3, -0.25) is 15.1 Å². The van der Waals surface area contributed by atoms with Crippen molar-refractivity contribution in [2.75, 3.05) is 0 Å². The number of aliphatic hydroxyl groups is 1. The highest BCUT2D eigenvalue weighted by Crippen LogP contribution is 2.18. The van der Waals surface area contributed by atoms with Gasteiger partial charge in [0.1, 0.15) is 0 Å². The van der Waals surface area contributed by atoms with Crippen molar-refractivity contribution in [1.82, 2.24) is 0 Å². The van der Waals surface area contributed by atoms with Crippen LogP contribution in [0.2, 0.25) is 0 Å². The van der Waals surface area contributed by atoms with Crippen molar-refractivity contribution in [2.45, 2.75) is 6.61 Å². The normalized spacial score (nSPS) is 10.8. The van der Waals surface area contributed by atoms with E-state index in [1.807, 2.05) is 12.1 Å². The van der Waals surface area contributed by atoms with Crippen LogP contribution in [0, 0.1) is 10.1 Å². The molecule has 2 aromatic rings. The predicted octanol–water partition coefficient (Wildman–Crippen LogP) is 2.84. The molecule has 0 aliphatic rings. The summed E-state index contributed by atoms with van der Waals surface area (Å²) in [6.07, 6.45) is 1.61. The van der Waals surface area contributed by atoms with Crippen LogP contribution in [-0.4, -0.2) is 16.2 Å². The summed E-state index contributed by atoms with van der Waals surface area (Å²) in [5, 5.41) is 19.7. The maximum absolute atomic E-state index is 10.5. The Balaban J connectivity index is 2.20. The molecule has 0 amide bonds. The molecule has 0 atom stereocenters. The number of nitrogens with zero attached hydrogens (tertiary/aromatic N) is 2. The van der Waals surface area contributed by atoms with Crippen molar-refractivity contribution in [3.05, 3.63) is 69.8 Å². The molecular weight excluding hydrogens is 244 g/mol. The van der Waals surface area contributed by atoms with E-state index >= 15 is 0 Å². The molecule has 19 heavy (non-hydrogen) atoms. The highest BCUT2D eigenvalue weighted by atomic mass is 16.6. The first-order valence-corrected chi connectivity index (χ1v) is 5.68. The Hall–Kier alpha value is -2.53. The van der Waals surface area contributed by atoms with Gasteiger partial charge in [-0.2, -0.15) is 0 Å². The fourth-order valence-corrected chi connectivity index (χ4v) is 1.60. The van der Waals surface area contributed by atoms with E-state index in [2.05, 4.69) is 4.99 Å². The van der Waals surface area contributed by atoms with Crippen LogP contribution in [0.1, 0.15) is 11.1 Å². The Kier molecular flexibility index (Phi) is 4.00. The molecule has 0 aromatic heterocycles. The molecule has 0 heterocycles. The second kappa shape index (κ2) is 5.88. The van der Waals surface area contributed by atoms with Crippen LogP contribution in [0.3, 0.4) is 0 Å². The zero-order valence-corrected chi connectivity index (χ0v) is 10.1. The second-order valence-electron chi connectivity index (χ2n) is 3.89. The number of aliphatic imine (C=N–C) groups is 1. The summed E-state index contributed by atoms with van der Waals surface area (Å²) in [7, 11) is 0. The van der Waals surface area contributed by atoms with Gasteiger partial charge in [0.15, 0.2) is 0 Å². The van der Waals surface area contributed by atoms with E-state index in [1.54, 1.807) is 30.5 Å². The Morgan fingerprint density at radius 3 is 2.47 bits per heavy atom. The summed E-state index contributed by atoms with van der Waals surface area (Å²) in [4.78, 5) is 14.3. The zero-order chi connectivity index (χ0) is 13.7. The van der Waals surface area contributed by atoms with E-state index < -0.39 is 4.92 Å². The lowest BCUT2D eigenvalue weighted by Gasteiger charge is -2.00. The minimum atomic E-state index is -0.442. The van der Waals surface area contributed by atoms with Gasteiger partial charge in [0.25, 0.3) is 5.69 Å². The lowest BCUT2D eigenvalue weighted by Crippen LogP contribution is -1.88. The van der Waals surface area contributed by atoms with E-state index in [0.29, 0.717) is 5.69 Å². The molecule has 0 aliphatic carbocycles. The predicted molar refractivity (Wildman–Crippen MR) is 72.7 cm³/mol. The molecule has 5 nitrogen and oxygen atoms in total. The number of benzene rings is 2. The summed E-state index contributed by atoms with van der Waals surface area (Å²) < 4.78 is 0. The van der Waals surface area contributed by atoms with E-state index in [-0.39, 0.29) is 12.3 Å². The van der Waals surface area contributed by atoms with Crippen molar-refractivity contribution in [1.29, 1.82) is 0 Å². The van der Waals surface area contributed by atoms with Gasteiger partial charge in [-0.05, 0) is 23.8 Å². The van der Waals surface area contributed by atoms with Crippen LogP contribution in [0.5, 0.6) is 0 Å². The topological polar surface area (TPSA) is 75.7 Å².